The first-order valence-electron chi connectivity index (χ1n) is 5.23. The van der Waals surface area contributed by atoms with Crippen molar-refractivity contribution >= 4 is 38.7 Å². The van der Waals surface area contributed by atoms with Gasteiger partial charge in [0.2, 0.25) is 0 Å². The van der Waals surface area contributed by atoms with Gasteiger partial charge in [0.25, 0.3) is 5.69 Å². The molecule has 3 N–H and O–H groups in total. The van der Waals surface area contributed by atoms with Crippen LogP contribution in [0.1, 0.15) is 0 Å². The molecule has 2 aromatic rings. The number of nitrogens with one attached hydrogen (secondary N) is 1. The fourth-order valence-electron chi connectivity index (χ4n) is 1.51. The fraction of sp³-hybridized carbons (Fsp3) is 0. The van der Waals surface area contributed by atoms with E-state index in [0.717, 1.165) is 0 Å². The van der Waals surface area contributed by atoms with Gasteiger partial charge in [-0.25, -0.2) is 4.39 Å². The van der Waals surface area contributed by atoms with Gasteiger partial charge in [0.05, 0.1) is 20.8 Å². The Labute approximate surface area is 116 Å². The number of nitrogens with two attached hydrogens (primary N) is 1. The highest BCUT2D eigenvalue weighted by Gasteiger charge is 2.09. The maximum Gasteiger partial charge on any atom is 0.271 e. The number of anilines is 3. The molecule has 0 saturated carbocycles. The number of nitrogens with zero attached hydrogens (tertiary/aromatic N) is 1. The van der Waals surface area contributed by atoms with Crippen LogP contribution in [0.4, 0.5) is 27.1 Å². The van der Waals surface area contributed by atoms with Crippen molar-refractivity contribution < 1.29 is 9.31 Å². The molecule has 0 aromatic heterocycles. The van der Waals surface area contributed by atoms with Crippen LogP contribution in [-0.2, 0) is 0 Å². The van der Waals surface area contributed by atoms with Gasteiger partial charge in [0, 0.05) is 17.8 Å². The van der Waals surface area contributed by atoms with Gasteiger partial charge in [-0.15, -0.1) is 0 Å². The summed E-state index contributed by atoms with van der Waals surface area (Å²) in [7, 11) is 0. The predicted octanol–water partition coefficient (Wildman–Crippen LogP) is 3.82. The molecular weight excluding hydrogens is 317 g/mol. The van der Waals surface area contributed by atoms with E-state index in [4.69, 9.17) is 5.73 Å². The van der Waals surface area contributed by atoms with Crippen LogP contribution >= 0.6 is 15.9 Å². The zero-order valence-electron chi connectivity index (χ0n) is 9.56. The molecule has 0 atom stereocenters. The van der Waals surface area contributed by atoms with Crippen LogP contribution in [0.5, 0.6) is 0 Å². The van der Waals surface area contributed by atoms with Crippen molar-refractivity contribution in [1.29, 1.82) is 0 Å². The Bertz CT molecular complexity index is 649. The largest absolute Gasteiger partial charge is 0.397 e. The maximum atomic E-state index is 13.3. The molecule has 2 aromatic carbocycles. The van der Waals surface area contributed by atoms with E-state index in [-0.39, 0.29) is 11.4 Å². The number of nitro groups is 1. The van der Waals surface area contributed by atoms with E-state index in [1.54, 1.807) is 12.1 Å². The lowest BCUT2D eigenvalue weighted by molar-refractivity contribution is -0.384. The molecule has 0 radical (unpaired) electrons. The lowest BCUT2D eigenvalue weighted by atomic mass is 10.2. The van der Waals surface area contributed by atoms with Gasteiger partial charge in [0.1, 0.15) is 5.82 Å². The molecule has 0 bridgehead atoms. The first kappa shape index (κ1) is 13.3. The Balaban J connectivity index is 2.28. The highest BCUT2D eigenvalue weighted by molar-refractivity contribution is 9.10. The van der Waals surface area contributed by atoms with Crippen molar-refractivity contribution in [3.63, 3.8) is 0 Å². The molecule has 2 rings (SSSR count). The SMILES string of the molecule is Nc1cc([N+](=O)[O-])ccc1Nc1ccc(Br)c(F)c1. The number of hydrogen-bond donors (Lipinski definition) is 2. The molecule has 0 amide bonds. The Hall–Kier alpha value is -2.15. The van der Waals surface area contributed by atoms with Crippen LogP contribution in [0.3, 0.4) is 0 Å². The monoisotopic (exact) mass is 325 g/mol. The van der Waals surface area contributed by atoms with Crippen molar-refractivity contribution in [2.45, 2.75) is 0 Å². The fourth-order valence-corrected chi connectivity index (χ4v) is 1.75. The molecule has 0 fully saturated rings. The third kappa shape index (κ3) is 3.00. The Morgan fingerprint density at radius 1 is 1.26 bits per heavy atom. The average molecular weight is 326 g/mol. The molecular formula is C12H9BrFN3O2. The van der Waals surface area contributed by atoms with Gasteiger partial charge < -0.3 is 11.1 Å². The predicted molar refractivity (Wildman–Crippen MR) is 74.9 cm³/mol. The topological polar surface area (TPSA) is 81.2 Å². The van der Waals surface area contributed by atoms with Crippen molar-refractivity contribution in [2.24, 2.45) is 0 Å². The van der Waals surface area contributed by atoms with Gasteiger partial charge in [-0.2, -0.15) is 0 Å². The molecule has 7 heteroatoms. The van der Waals surface area contributed by atoms with E-state index in [2.05, 4.69) is 21.2 Å². The second-order valence-electron chi connectivity index (χ2n) is 3.78. The van der Waals surface area contributed by atoms with Crippen LogP contribution in [0.15, 0.2) is 40.9 Å². The van der Waals surface area contributed by atoms with E-state index in [9.17, 15) is 14.5 Å². The summed E-state index contributed by atoms with van der Waals surface area (Å²) < 4.78 is 13.7. The minimum Gasteiger partial charge on any atom is -0.397 e. The first-order valence-corrected chi connectivity index (χ1v) is 6.02. The zero-order valence-corrected chi connectivity index (χ0v) is 11.1. The van der Waals surface area contributed by atoms with Crippen LogP contribution < -0.4 is 11.1 Å². The smallest absolute Gasteiger partial charge is 0.271 e. The lowest BCUT2D eigenvalue weighted by Gasteiger charge is -2.09. The molecule has 0 aliphatic rings. The average Bonchev–Trinajstić information content (AvgIpc) is 2.36. The minimum atomic E-state index is -0.528. The van der Waals surface area contributed by atoms with E-state index >= 15 is 0 Å². The van der Waals surface area contributed by atoms with Gasteiger partial charge in [-0.05, 0) is 40.2 Å². The molecule has 98 valence electrons. The quantitative estimate of drug-likeness (QED) is 0.510. The van der Waals surface area contributed by atoms with E-state index in [1.807, 2.05) is 0 Å². The van der Waals surface area contributed by atoms with Crippen molar-refractivity contribution in [3.8, 4) is 0 Å². The highest BCUT2D eigenvalue weighted by atomic mass is 79.9. The second kappa shape index (κ2) is 5.23. The van der Waals surface area contributed by atoms with Gasteiger partial charge in [-0.3, -0.25) is 10.1 Å². The molecule has 19 heavy (non-hydrogen) atoms. The Morgan fingerprint density at radius 2 is 2.00 bits per heavy atom. The Kier molecular flexibility index (Phi) is 3.66. The van der Waals surface area contributed by atoms with Crippen molar-refractivity contribution in [2.75, 3.05) is 11.1 Å². The van der Waals surface area contributed by atoms with Crippen molar-refractivity contribution in [3.05, 3.63) is 56.8 Å². The standard InChI is InChI=1S/C12H9BrFN3O2/c13-9-3-1-7(5-10(9)14)16-12-4-2-8(17(18)19)6-11(12)15/h1-6,16H,15H2. The first-order chi connectivity index (χ1) is 8.97. The summed E-state index contributed by atoms with van der Waals surface area (Å²) >= 11 is 3.05. The van der Waals surface area contributed by atoms with E-state index in [0.29, 0.717) is 15.8 Å². The summed E-state index contributed by atoms with van der Waals surface area (Å²) in [6.07, 6.45) is 0. The van der Waals surface area contributed by atoms with Gasteiger partial charge in [-0.1, -0.05) is 0 Å². The molecule has 5 nitrogen and oxygen atoms in total. The highest BCUT2D eigenvalue weighted by Crippen LogP contribution is 2.28. The van der Waals surface area contributed by atoms with Crippen molar-refractivity contribution in [1.82, 2.24) is 0 Å². The second-order valence-corrected chi connectivity index (χ2v) is 4.64. The third-order valence-corrected chi connectivity index (χ3v) is 3.09. The summed E-state index contributed by atoms with van der Waals surface area (Å²) in [5.74, 6) is -0.412. The summed E-state index contributed by atoms with van der Waals surface area (Å²) in [4.78, 5) is 10.1. The van der Waals surface area contributed by atoms with Crippen LogP contribution in [0.25, 0.3) is 0 Å². The van der Waals surface area contributed by atoms with E-state index < -0.39 is 10.7 Å². The number of rotatable bonds is 3. The zero-order chi connectivity index (χ0) is 14.0. The lowest BCUT2D eigenvalue weighted by Crippen LogP contribution is -1.98. The van der Waals surface area contributed by atoms with Crippen LogP contribution in [0.2, 0.25) is 0 Å². The molecule has 0 aliphatic heterocycles. The minimum absolute atomic E-state index is 0.0926. The van der Waals surface area contributed by atoms with E-state index in [1.165, 1.54) is 24.3 Å². The number of benzene rings is 2. The summed E-state index contributed by atoms with van der Waals surface area (Å²) in [6, 6.07) is 8.57. The maximum absolute atomic E-state index is 13.3. The number of halogens is 2. The number of hydrogen-bond acceptors (Lipinski definition) is 4. The molecule has 0 heterocycles. The normalized spacial score (nSPS) is 10.2. The number of nitro benzene ring substituents is 1. The molecule has 0 aliphatic carbocycles. The molecule has 0 saturated heterocycles. The third-order valence-electron chi connectivity index (χ3n) is 2.44. The number of nitrogen functional groups attached to an aromatic ring is 1. The summed E-state index contributed by atoms with van der Waals surface area (Å²) in [5, 5.41) is 13.5. The number of non-ortho nitro benzene ring substituents is 1. The summed E-state index contributed by atoms with van der Waals surface area (Å²) in [5.41, 5.74) is 6.81. The van der Waals surface area contributed by atoms with Crippen LogP contribution in [-0.4, -0.2) is 4.92 Å². The van der Waals surface area contributed by atoms with Gasteiger partial charge >= 0.3 is 0 Å². The van der Waals surface area contributed by atoms with Gasteiger partial charge in [0.15, 0.2) is 0 Å². The summed E-state index contributed by atoms with van der Waals surface area (Å²) in [6.45, 7) is 0. The molecule has 0 spiro atoms. The Morgan fingerprint density at radius 3 is 2.58 bits per heavy atom. The molecule has 0 unspecified atom stereocenters. The van der Waals surface area contributed by atoms with Crippen LogP contribution in [0, 0.1) is 15.9 Å².